The highest BCUT2D eigenvalue weighted by Gasteiger charge is 2.15. The maximum Gasteiger partial charge on any atom is 0.352 e. The van der Waals surface area contributed by atoms with Crippen LogP contribution in [0.25, 0.3) is 10.9 Å². The minimum atomic E-state index is -0.975. The quantitative estimate of drug-likeness (QED) is 0.751. The average Bonchev–Trinajstić information content (AvgIpc) is 2.58. The van der Waals surface area contributed by atoms with Gasteiger partial charge >= 0.3 is 5.97 Å². The van der Waals surface area contributed by atoms with Crippen molar-refractivity contribution in [2.24, 2.45) is 7.05 Å². The number of nitrogen functional groups attached to an aromatic ring is 1. The van der Waals surface area contributed by atoms with Crippen molar-refractivity contribution in [2.75, 3.05) is 12.8 Å². The molecule has 2 rings (SSSR count). The summed E-state index contributed by atoms with van der Waals surface area (Å²) in [6.45, 7) is 0. The molecule has 0 fully saturated rings. The van der Waals surface area contributed by atoms with E-state index in [-0.39, 0.29) is 5.69 Å². The summed E-state index contributed by atoms with van der Waals surface area (Å²) in [4.78, 5) is 11.0. The lowest BCUT2D eigenvalue weighted by Gasteiger charge is -2.05. The molecule has 5 heteroatoms. The Morgan fingerprint density at radius 2 is 2.19 bits per heavy atom. The lowest BCUT2D eigenvalue weighted by molar-refractivity contribution is 0.0687. The first-order chi connectivity index (χ1) is 7.56. The summed E-state index contributed by atoms with van der Waals surface area (Å²) in [6, 6.07) is 5.07. The molecule has 0 amide bonds. The van der Waals surface area contributed by atoms with E-state index in [9.17, 15) is 4.79 Å². The topological polar surface area (TPSA) is 77.5 Å². The van der Waals surface area contributed by atoms with Crippen LogP contribution in [0, 0.1) is 0 Å². The number of carboxylic acid groups (broad SMARTS) is 1. The molecular formula is C11H12N2O3. The number of methoxy groups -OCH3 is 1. The van der Waals surface area contributed by atoms with E-state index in [0.717, 1.165) is 5.52 Å². The smallest absolute Gasteiger partial charge is 0.352 e. The molecule has 0 unspecified atom stereocenters. The third kappa shape index (κ3) is 1.29. The first-order valence-corrected chi connectivity index (χ1v) is 4.71. The van der Waals surface area contributed by atoms with E-state index in [0.29, 0.717) is 16.8 Å². The van der Waals surface area contributed by atoms with Gasteiger partial charge in [-0.15, -0.1) is 0 Å². The van der Waals surface area contributed by atoms with E-state index in [4.69, 9.17) is 15.6 Å². The summed E-state index contributed by atoms with van der Waals surface area (Å²) in [5.74, 6) is -0.424. The van der Waals surface area contributed by atoms with Gasteiger partial charge < -0.3 is 20.1 Å². The predicted octanol–water partition coefficient (Wildman–Crippen LogP) is 1.47. The van der Waals surface area contributed by atoms with Crippen LogP contribution in [0.15, 0.2) is 18.2 Å². The molecule has 84 valence electrons. The third-order valence-corrected chi connectivity index (χ3v) is 2.67. The fourth-order valence-electron chi connectivity index (χ4n) is 1.80. The molecular weight excluding hydrogens is 208 g/mol. The van der Waals surface area contributed by atoms with Crippen molar-refractivity contribution < 1.29 is 14.6 Å². The first-order valence-electron chi connectivity index (χ1n) is 4.71. The number of nitrogens with two attached hydrogens (primary N) is 1. The minimum Gasteiger partial charge on any atom is -0.495 e. The van der Waals surface area contributed by atoms with Crippen LogP contribution in [0.1, 0.15) is 10.5 Å². The number of nitrogens with zero attached hydrogens (tertiary/aromatic N) is 1. The van der Waals surface area contributed by atoms with Gasteiger partial charge in [0, 0.05) is 12.4 Å². The lowest BCUT2D eigenvalue weighted by atomic mass is 10.2. The number of ether oxygens (including phenoxy) is 1. The molecule has 0 radical (unpaired) electrons. The predicted molar refractivity (Wildman–Crippen MR) is 60.8 cm³/mol. The third-order valence-electron chi connectivity index (χ3n) is 2.67. The molecule has 3 N–H and O–H groups in total. The number of fused-ring (bicyclic) bond motifs is 1. The highest BCUT2D eigenvalue weighted by molar-refractivity contribution is 6.01. The van der Waals surface area contributed by atoms with Crippen LogP contribution in [-0.2, 0) is 7.05 Å². The zero-order chi connectivity index (χ0) is 11.9. The van der Waals surface area contributed by atoms with Crippen LogP contribution in [0.4, 0.5) is 5.69 Å². The Hall–Kier alpha value is -2.17. The van der Waals surface area contributed by atoms with Gasteiger partial charge in [0.2, 0.25) is 0 Å². The van der Waals surface area contributed by atoms with E-state index in [1.54, 1.807) is 29.8 Å². The molecule has 0 saturated carbocycles. The molecule has 0 spiro atoms. The monoisotopic (exact) mass is 220 g/mol. The van der Waals surface area contributed by atoms with Gasteiger partial charge in [0.05, 0.1) is 18.3 Å². The summed E-state index contributed by atoms with van der Waals surface area (Å²) in [7, 11) is 3.22. The van der Waals surface area contributed by atoms with Gasteiger partial charge in [-0.1, -0.05) is 0 Å². The van der Waals surface area contributed by atoms with Crippen LogP contribution in [0.5, 0.6) is 5.75 Å². The highest BCUT2D eigenvalue weighted by atomic mass is 16.5. The lowest BCUT2D eigenvalue weighted by Crippen LogP contribution is -2.03. The van der Waals surface area contributed by atoms with Crippen molar-refractivity contribution in [3.63, 3.8) is 0 Å². The molecule has 1 aromatic heterocycles. The molecule has 0 aliphatic rings. The normalized spacial score (nSPS) is 10.6. The summed E-state index contributed by atoms with van der Waals surface area (Å²) in [5, 5.41) is 9.68. The maximum atomic E-state index is 11.0. The standard InChI is InChI=1S/C11H12N2O3/c1-13-7-3-4-9(16-2)10(12)6(7)5-8(13)11(14)15/h3-5H,12H2,1-2H3,(H,14,15). The Balaban J connectivity index is 2.81. The van der Waals surface area contributed by atoms with E-state index in [1.807, 2.05) is 0 Å². The molecule has 16 heavy (non-hydrogen) atoms. The molecule has 0 aliphatic heterocycles. The van der Waals surface area contributed by atoms with Gasteiger partial charge in [-0.3, -0.25) is 0 Å². The van der Waals surface area contributed by atoms with Gasteiger partial charge in [-0.05, 0) is 18.2 Å². The van der Waals surface area contributed by atoms with Crippen molar-refractivity contribution >= 4 is 22.6 Å². The Bertz CT molecular complexity index is 572. The van der Waals surface area contributed by atoms with Gasteiger partial charge in [0.25, 0.3) is 0 Å². The van der Waals surface area contributed by atoms with Crippen molar-refractivity contribution in [3.05, 3.63) is 23.9 Å². The van der Waals surface area contributed by atoms with Crippen LogP contribution < -0.4 is 10.5 Å². The zero-order valence-corrected chi connectivity index (χ0v) is 9.02. The number of hydrogen-bond acceptors (Lipinski definition) is 3. The summed E-state index contributed by atoms with van der Waals surface area (Å²) in [5.41, 5.74) is 7.32. The zero-order valence-electron chi connectivity index (χ0n) is 9.02. The minimum absolute atomic E-state index is 0.204. The van der Waals surface area contributed by atoms with Crippen LogP contribution in [-0.4, -0.2) is 22.8 Å². The van der Waals surface area contributed by atoms with Gasteiger partial charge in [0.1, 0.15) is 11.4 Å². The molecule has 0 aliphatic carbocycles. The Kier molecular flexibility index (Phi) is 2.23. The molecule has 0 saturated heterocycles. The molecule has 2 aromatic rings. The first kappa shape index (κ1) is 10.4. The van der Waals surface area contributed by atoms with Crippen molar-refractivity contribution in [1.29, 1.82) is 0 Å². The molecule has 1 aromatic carbocycles. The van der Waals surface area contributed by atoms with Gasteiger partial charge in [0.15, 0.2) is 0 Å². The van der Waals surface area contributed by atoms with Gasteiger partial charge in [-0.2, -0.15) is 0 Å². The summed E-state index contributed by atoms with van der Waals surface area (Å²) < 4.78 is 6.67. The second-order valence-corrected chi connectivity index (χ2v) is 3.51. The Morgan fingerprint density at radius 1 is 1.50 bits per heavy atom. The number of aromatic nitrogens is 1. The molecule has 0 bridgehead atoms. The Morgan fingerprint density at radius 3 is 2.75 bits per heavy atom. The van der Waals surface area contributed by atoms with E-state index < -0.39 is 5.97 Å². The number of benzene rings is 1. The van der Waals surface area contributed by atoms with E-state index in [1.165, 1.54) is 7.11 Å². The number of aromatic carboxylic acids is 1. The molecule has 1 heterocycles. The average molecular weight is 220 g/mol. The number of aryl methyl sites for hydroxylation is 1. The Labute approximate surface area is 92.0 Å². The number of anilines is 1. The number of rotatable bonds is 2. The van der Waals surface area contributed by atoms with Crippen molar-refractivity contribution in [1.82, 2.24) is 4.57 Å². The fourth-order valence-corrected chi connectivity index (χ4v) is 1.80. The number of carbonyl (C=O) groups is 1. The second kappa shape index (κ2) is 3.44. The number of carboxylic acids is 1. The molecule has 0 atom stereocenters. The largest absolute Gasteiger partial charge is 0.495 e. The van der Waals surface area contributed by atoms with Crippen molar-refractivity contribution in [3.8, 4) is 5.75 Å². The van der Waals surface area contributed by atoms with Crippen molar-refractivity contribution in [2.45, 2.75) is 0 Å². The molecule has 5 nitrogen and oxygen atoms in total. The van der Waals surface area contributed by atoms with Crippen LogP contribution >= 0.6 is 0 Å². The highest BCUT2D eigenvalue weighted by Crippen LogP contribution is 2.32. The van der Waals surface area contributed by atoms with Gasteiger partial charge in [-0.25, -0.2) is 4.79 Å². The van der Waals surface area contributed by atoms with Crippen LogP contribution in [0.2, 0.25) is 0 Å². The summed E-state index contributed by atoms with van der Waals surface area (Å²) in [6.07, 6.45) is 0. The van der Waals surface area contributed by atoms with E-state index >= 15 is 0 Å². The van der Waals surface area contributed by atoms with Crippen LogP contribution in [0.3, 0.4) is 0 Å². The second-order valence-electron chi connectivity index (χ2n) is 3.51. The SMILES string of the molecule is COc1ccc2c(cc(C(=O)O)n2C)c1N. The maximum absolute atomic E-state index is 11.0. The fraction of sp³-hybridized carbons (Fsp3) is 0.182. The van der Waals surface area contributed by atoms with E-state index in [2.05, 4.69) is 0 Å². The summed E-state index contributed by atoms with van der Waals surface area (Å²) >= 11 is 0. The number of hydrogen-bond donors (Lipinski definition) is 2.